The van der Waals surface area contributed by atoms with E-state index in [9.17, 15) is 14.0 Å². The lowest BCUT2D eigenvalue weighted by atomic mass is 9.69. The van der Waals surface area contributed by atoms with Crippen LogP contribution in [0.3, 0.4) is 0 Å². The highest BCUT2D eigenvalue weighted by Crippen LogP contribution is 2.40. The molecule has 1 aromatic rings. The number of hydrogen-bond donors (Lipinski definition) is 3. The smallest absolute Gasteiger partial charge is 0.319 e. The Kier molecular flexibility index (Phi) is 4.08. The highest BCUT2D eigenvalue weighted by atomic mass is 19.1. The van der Waals surface area contributed by atoms with Gasteiger partial charge in [0, 0.05) is 6.54 Å². The van der Waals surface area contributed by atoms with Crippen molar-refractivity contribution in [3.63, 3.8) is 0 Å². The first-order valence-corrected chi connectivity index (χ1v) is 6.45. The number of anilines is 1. The quantitative estimate of drug-likeness (QED) is 0.790. The summed E-state index contributed by atoms with van der Waals surface area (Å²) in [6.45, 7) is 0.00602. The number of nitrogens with one attached hydrogen (secondary N) is 2. The number of carbonyl (C=O) groups is 2. The zero-order valence-electron chi connectivity index (χ0n) is 11.1. The molecule has 0 heterocycles. The molecule has 0 spiro atoms. The molecule has 110 valence electrons. The molecule has 7 heteroatoms. The summed E-state index contributed by atoms with van der Waals surface area (Å²) in [7, 11) is 0. The number of hydrogen-bond acceptors (Lipinski definition) is 3. The maximum atomic E-state index is 13.6. The van der Waals surface area contributed by atoms with E-state index in [1.54, 1.807) is 6.07 Å². The fourth-order valence-electron chi connectivity index (χ4n) is 2.17. The van der Waals surface area contributed by atoms with Crippen molar-refractivity contribution in [2.45, 2.75) is 19.3 Å². The summed E-state index contributed by atoms with van der Waals surface area (Å²) < 4.78 is 13.6. The maximum absolute atomic E-state index is 13.6. The summed E-state index contributed by atoms with van der Waals surface area (Å²) in [6.07, 6.45) is 1.86. The first-order valence-electron chi connectivity index (χ1n) is 6.45. The van der Waals surface area contributed by atoms with Crippen LogP contribution in [0.25, 0.3) is 0 Å². The number of nitrogens with zero attached hydrogens (tertiary/aromatic N) is 1. The lowest BCUT2D eigenvalue weighted by molar-refractivity contribution is -0.153. The Morgan fingerprint density at radius 3 is 2.62 bits per heavy atom. The van der Waals surface area contributed by atoms with E-state index >= 15 is 0 Å². The molecule has 2 amide bonds. The number of carboxylic acids is 1. The second kappa shape index (κ2) is 5.79. The molecule has 1 saturated carbocycles. The first-order chi connectivity index (χ1) is 9.97. The number of urea groups is 1. The van der Waals surface area contributed by atoms with Gasteiger partial charge in [-0.2, -0.15) is 5.26 Å². The molecule has 3 N–H and O–H groups in total. The van der Waals surface area contributed by atoms with Gasteiger partial charge in [-0.15, -0.1) is 0 Å². The molecule has 0 unspecified atom stereocenters. The van der Waals surface area contributed by atoms with Gasteiger partial charge in [0.2, 0.25) is 0 Å². The number of aliphatic carboxylic acids is 1. The molecule has 0 bridgehead atoms. The molecule has 0 atom stereocenters. The largest absolute Gasteiger partial charge is 0.481 e. The zero-order chi connectivity index (χ0) is 15.5. The Bertz CT molecular complexity index is 620. The third-order valence-corrected chi connectivity index (χ3v) is 3.70. The van der Waals surface area contributed by atoms with Crippen LogP contribution in [0.4, 0.5) is 14.9 Å². The summed E-state index contributed by atoms with van der Waals surface area (Å²) in [5, 5.41) is 22.5. The normalized spacial score (nSPS) is 15.4. The van der Waals surface area contributed by atoms with Crippen molar-refractivity contribution in [3.8, 4) is 6.07 Å². The van der Waals surface area contributed by atoms with Crippen LogP contribution in [-0.4, -0.2) is 23.7 Å². The van der Waals surface area contributed by atoms with Gasteiger partial charge in [0.1, 0.15) is 5.82 Å². The van der Waals surface area contributed by atoms with Gasteiger partial charge >= 0.3 is 12.0 Å². The van der Waals surface area contributed by atoms with E-state index in [1.165, 1.54) is 12.1 Å². The molecule has 0 aromatic heterocycles. The van der Waals surface area contributed by atoms with E-state index in [0.29, 0.717) is 12.8 Å². The van der Waals surface area contributed by atoms with E-state index < -0.39 is 23.2 Å². The van der Waals surface area contributed by atoms with Crippen molar-refractivity contribution < 1.29 is 19.1 Å². The molecule has 0 radical (unpaired) electrons. The van der Waals surface area contributed by atoms with Crippen molar-refractivity contribution >= 4 is 17.7 Å². The number of halogens is 1. The van der Waals surface area contributed by atoms with Crippen LogP contribution in [0, 0.1) is 22.6 Å². The molecule has 1 aliphatic carbocycles. The molecule has 0 saturated heterocycles. The minimum absolute atomic E-state index is 0.00602. The molecule has 6 nitrogen and oxygen atoms in total. The van der Waals surface area contributed by atoms with Crippen molar-refractivity contribution in [1.82, 2.24) is 5.32 Å². The molecule has 21 heavy (non-hydrogen) atoms. The lowest BCUT2D eigenvalue weighted by Gasteiger charge is -2.37. The van der Waals surface area contributed by atoms with Crippen molar-refractivity contribution in [3.05, 3.63) is 29.6 Å². The Morgan fingerprint density at radius 1 is 1.43 bits per heavy atom. The van der Waals surface area contributed by atoms with Crippen LogP contribution < -0.4 is 10.6 Å². The Balaban J connectivity index is 1.93. The number of amides is 2. The van der Waals surface area contributed by atoms with Gasteiger partial charge in [0.05, 0.1) is 22.7 Å². The standard InChI is InChI=1S/C14H14FN3O3/c15-10-6-9(7-16)2-3-11(10)18-13(21)17-8-14(12(19)20)4-1-5-14/h2-3,6H,1,4-5,8H2,(H,19,20)(H2,17,18,21). The fourth-order valence-corrected chi connectivity index (χ4v) is 2.17. The number of benzene rings is 1. The van der Waals surface area contributed by atoms with Gasteiger partial charge in [-0.25, -0.2) is 9.18 Å². The van der Waals surface area contributed by atoms with E-state index in [1.807, 2.05) is 0 Å². The Hall–Kier alpha value is -2.62. The fraction of sp³-hybridized carbons (Fsp3) is 0.357. The molecular weight excluding hydrogens is 277 g/mol. The summed E-state index contributed by atoms with van der Waals surface area (Å²) in [4.78, 5) is 22.8. The highest BCUT2D eigenvalue weighted by Gasteiger charge is 2.44. The Labute approximate surface area is 120 Å². The van der Waals surface area contributed by atoms with Crippen molar-refractivity contribution in [2.24, 2.45) is 5.41 Å². The predicted octanol–water partition coefficient (Wildman–Crippen LogP) is 2.07. The molecule has 1 fully saturated rings. The van der Waals surface area contributed by atoms with Crippen LogP contribution in [0.2, 0.25) is 0 Å². The van der Waals surface area contributed by atoms with Crippen LogP contribution >= 0.6 is 0 Å². The Morgan fingerprint density at radius 2 is 2.14 bits per heavy atom. The summed E-state index contributed by atoms with van der Waals surface area (Å²) in [5.74, 6) is -1.65. The van der Waals surface area contributed by atoms with Gasteiger partial charge in [-0.3, -0.25) is 4.79 Å². The summed E-state index contributed by atoms with van der Waals surface area (Å²) >= 11 is 0. The van der Waals surface area contributed by atoms with Crippen molar-refractivity contribution in [2.75, 3.05) is 11.9 Å². The van der Waals surface area contributed by atoms with E-state index in [4.69, 9.17) is 10.4 Å². The lowest BCUT2D eigenvalue weighted by Crippen LogP contribution is -2.48. The first kappa shape index (κ1) is 14.8. The number of rotatable bonds is 4. The topological polar surface area (TPSA) is 102 Å². The second-order valence-corrected chi connectivity index (χ2v) is 5.05. The minimum Gasteiger partial charge on any atom is -0.481 e. The molecular formula is C14H14FN3O3. The highest BCUT2D eigenvalue weighted by molar-refractivity contribution is 5.90. The monoisotopic (exact) mass is 291 g/mol. The van der Waals surface area contributed by atoms with Crippen LogP contribution in [0.15, 0.2) is 18.2 Å². The van der Waals surface area contributed by atoms with Crippen LogP contribution in [-0.2, 0) is 4.79 Å². The second-order valence-electron chi connectivity index (χ2n) is 5.05. The zero-order valence-corrected chi connectivity index (χ0v) is 11.1. The molecule has 0 aliphatic heterocycles. The summed E-state index contributed by atoms with van der Waals surface area (Å²) in [5.41, 5.74) is -0.817. The average molecular weight is 291 g/mol. The number of carbonyl (C=O) groups excluding carboxylic acids is 1. The molecule has 2 rings (SSSR count). The average Bonchev–Trinajstić information content (AvgIpc) is 2.39. The van der Waals surface area contributed by atoms with E-state index in [-0.39, 0.29) is 17.8 Å². The van der Waals surface area contributed by atoms with E-state index in [0.717, 1.165) is 12.5 Å². The van der Waals surface area contributed by atoms with Gasteiger partial charge in [-0.1, -0.05) is 6.42 Å². The van der Waals surface area contributed by atoms with Gasteiger partial charge in [0.25, 0.3) is 0 Å². The number of carboxylic acid groups (broad SMARTS) is 1. The third kappa shape index (κ3) is 3.11. The minimum atomic E-state index is -0.932. The van der Waals surface area contributed by atoms with Gasteiger partial charge in [-0.05, 0) is 31.0 Å². The molecule has 1 aliphatic rings. The van der Waals surface area contributed by atoms with Crippen LogP contribution in [0.1, 0.15) is 24.8 Å². The van der Waals surface area contributed by atoms with Crippen molar-refractivity contribution in [1.29, 1.82) is 5.26 Å². The number of nitriles is 1. The van der Waals surface area contributed by atoms with Gasteiger partial charge in [0.15, 0.2) is 0 Å². The predicted molar refractivity (Wildman–Crippen MR) is 72.1 cm³/mol. The summed E-state index contributed by atoms with van der Waals surface area (Å²) in [6, 6.07) is 4.79. The van der Waals surface area contributed by atoms with Gasteiger partial charge < -0.3 is 15.7 Å². The van der Waals surface area contributed by atoms with E-state index in [2.05, 4.69) is 10.6 Å². The third-order valence-electron chi connectivity index (χ3n) is 3.70. The molecule has 1 aromatic carbocycles. The van der Waals surface area contributed by atoms with Crippen LogP contribution in [0.5, 0.6) is 0 Å². The SMILES string of the molecule is N#Cc1ccc(NC(=O)NCC2(C(=O)O)CCC2)c(F)c1. The maximum Gasteiger partial charge on any atom is 0.319 e.